The van der Waals surface area contributed by atoms with Crippen molar-refractivity contribution in [1.29, 1.82) is 0 Å². The van der Waals surface area contributed by atoms with Crippen LogP contribution >= 0.6 is 0 Å². The summed E-state index contributed by atoms with van der Waals surface area (Å²) in [5.74, 6) is 0. The number of ether oxygens (including phenoxy) is 1. The third kappa shape index (κ3) is 3.56. The van der Waals surface area contributed by atoms with E-state index in [1.54, 1.807) is 7.11 Å². The molecule has 14 heavy (non-hydrogen) atoms. The molecule has 0 amide bonds. The Kier molecular flexibility index (Phi) is 5.45. The van der Waals surface area contributed by atoms with Crippen molar-refractivity contribution in [2.24, 2.45) is 0 Å². The van der Waals surface area contributed by atoms with Crippen LogP contribution in [0.25, 0.3) is 0 Å². The third-order valence-electron chi connectivity index (χ3n) is 2.99. The average Bonchev–Trinajstić information content (AvgIpc) is 2.21. The van der Waals surface area contributed by atoms with Gasteiger partial charge in [-0.3, -0.25) is 4.90 Å². The van der Waals surface area contributed by atoms with Gasteiger partial charge in [-0.15, -0.1) is 0 Å². The van der Waals surface area contributed by atoms with E-state index in [4.69, 9.17) is 4.74 Å². The first-order chi connectivity index (χ1) is 6.77. The van der Waals surface area contributed by atoms with Crippen LogP contribution in [0.15, 0.2) is 0 Å². The molecule has 1 N–H and O–H groups in total. The van der Waals surface area contributed by atoms with Gasteiger partial charge < -0.3 is 10.1 Å². The van der Waals surface area contributed by atoms with Crippen LogP contribution in [0, 0.1) is 0 Å². The molecule has 1 fully saturated rings. The van der Waals surface area contributed by atoms with Crippen LogP contribution in [0.3, 0.4) is 0 Å². The maximum Gasteiger partial charge on any atom is 0.0670 e. The summed E-state index contributed by atoms with van der Waals surface area (Å²) in [6, 6.07) is 0.714. The summed E-state index contributed by atoms with van der Waals surface area (Å²) >= 11 is 0. The van der Waals surface area contributed by atoms with Gasteiger partial charge in [0.25, 0.3) is 0 Å². The van der Waals surface area contributed by atoms with Gasteiger partial charge >= 0.3 is 0 Å². The van der Waals surface area contributed by atoms with Gasteiger partial charge in [0.15, 0.2) is 0 Å². The van der Waals surface area contributed by atoms with Gasteiger partial charge in [0.05, 0.1) is 6.10 Å². The Morgan fingerprint density at radius 1 is 1.57 bits per heavy atom. The van der Waals surface area contributed by atoms with Crippen LogP contribution in [0.2, 0.25) is 0 Å². The highest BCUT2D eigenvalue weighted by molar-refractivity contribution is 4.80. The molecule has 2 atom stereocenters. The van der Waals surface area contributed by atoms with Gasteiger partial charge in [-0.2, -0.15) is 0 Å². The minimum Gasteiger partial charge on any atom is -0.380 e. The Morgan fingerprint density at radius 2 is 2.36 bits per heavy atom. The van der Waals surface area contributed by atoms with E-state index in [0.29, 0.717) is 12.1 Å². The molecule has 1 saturated heterocycles. The molecule has 0 spiro atoms. The molecular formula is C11H24N2O. The summed E-state index contributed by atoms with van der Waals surface area (Å²) in [5.41, 5.74) is 0. The van der Waals surface area contributed by atoms with Gasteiger partial charge in [0, 0.05) is 39.3 Å². The lowest BCUT2D eigenvalue weighted by atomic mass is 10.1. The average molecular weight is 200 g/mol. The number of piperazine rings is 1. The minimum atomic E-state index is 0.354. The van der Waals surface area contributed by atoms with E-state index in [1.165, 1.54) is 19.4 Å². The monoisotopic (exact) mass is 200 g/mol. The van der Waals surface area contributed by atoms with Crippen LogP contribution in [0.5, 0.6) is 0 Å². The molecule has 0 aromatic rings. The van der Waals surface area contributed by atoms with E-state index in [2.05, 4.69) is 24.1 Å². The predicted octanol–water partition coefficient (Wildman–Crippen LogP) is 1.10. The van der Waals surface area contributed by atoms with E-state index in [-0.39, 0.29) is 0 Å². The number of nitrogens with one attached hydrogen (secondary N) is 1. The van der Waals surface area contributed by atoms with Crippen molar-refractivity contribution in [3.05, 3.63) is 0 Å². The highest BCUT2D eigenvalue weighted by Crippen LogP contribution is 2.10. The second-order valence-corrected chi connectivity index (χ2v) is 4.19. The molecule has 1 heterocycles. The zero-order valence-corrected chi connectivity index (χ0v) is 9.75. The Morgan fingerprint density at radius 3 is 3.00 bits per heavy atom. The molecule has 0 aromatic carbocycles. The lowest BCUT2D eigenvalue weighted by molar-refractivity contribution is 0.0487. The van der Waals surface area contributed by atoms with Crippen LogP contribution in [-0.2, 0) is 4.74 Å². The molecule has 0 aromatic heterocycles. The molecule has 0 aliphatic carbocycles. The summed E-state index contributed by atoms with van der Waals surface area (Å²) in [6.07, 6.45) is 2.92. The minimum absolute atomic E-state index is 0.354. The molecule has 84 valence electrons. The van der Waals surface area contributed by atoms with Gasteiger partial charge in [-0.25, -0.2) is 0 Å². The summed E-state index contributed by atoms with van der Waals surface area (Å²) in [7, 11) is 1.79. The molecule has 2 unspecified atom stereocenters. The highest BCUT2D eigenvalue weighted by Gasteiger charge is 2.22. The first kappa shape index (κ1) is 12.0. The first-order valence-electron chi connectivity index (χ1n) is 5.75. The topological polar surface area (TPSA) is 24.5 Å². The van der Waals surface area contributed by atoms with E-state index in [0.717, 1.165) is 19.6 Å². The fourth-order valence-electron chi connectivity index (χ4n) is 2.07. The smallest absolute Gasteiger partial charge is 0.0670 e. The maximum atomic E-state index is 5.32. The quantitative estimate of drug-likeness (QED) is 0.719. The molecule has 0 saturated carbocycles. The Labute approximate surface area is 87.8 Å². The maximum absolute atomic E-state index is 5.32. The Bertz CT molecular complexity index is 150. The largest absolute Gasteiger partial charge is 0.380 e. The van der Waals surface area contributed by atoms with E-state index in [1.807, 2.05) is 0 Å². The van der Waals surface area contributed by atoms with Crippen molar-refractivity contribution in [3.8, 4) is 0 Å². The van der Waals surface area contributed by atoms with Crippen molar-refractivity contribution >= 4 is 0 Å². The zero-order valence-electron chi connectivity index (χ0n) is 9.75. The van der Waals surface area contributed by atoms with E-state index < -0.39 is 0 Å². The van der Waals surface area contributed by atoms with Gasteiger partial charge in [-0.05, 0) is 13.3 Å². The SMILES string of the molecule is CCCC1CNCCN1CC(C)OC. The van der Waals surface area contributed by atoms with Crippen LogP contribution < -0.4 is 5.32 Å². The highest BCUT2D eigenvalue weighted by atomic mass is 16.5. The molecular weight excluding hydrogens is 176 g/mol. The van der Waals surface area contributed by atoms with E-state index in [9.17, 15) is 0 Å². The van der Waals surface area contributed by atoms with Crippen molar-refractivity contribution in [2.45, 2.75) is 38.8 Å². The Balaban J connectivity index is 2.37. The van der Waals surface area contributed by atoms with Crippen molar-refractivity contribution in [1.82, 2.24) is 10.2 Å². The molecule has 3 heteroatoms. The number of hydrogen-bond acceptors (Lipinski definition) is 3. The van der Waals surface area contributed by atoms with Crippen LogP contribution in [0.4, 0.5) is 0 Å². The number of hydrogen-bond donors (Lipinski definition) is 1. The van der Waals surface area contributed by atoms with Crippen LogP contribution in [-0.4, -0.2) is 50.3 Å². The molecule has 1 aliphatic rings. The first-order valence-corrected chi connectivity index (χ1v) is 5.75. The summed E-state index contributed by atoms with van der Waals surface area (Å²) in [6.45, 7) is 8.90. The Hall–Kier alpha value is -0.120. The molecule has 1 rings (SSSR count). The lowest BCUT2D eigenvalue weighted by Crippen LogP contribution is -2.53. The zero-order chi connectivity index (χ0) is 10.4. The third-order valence-corrected chi connectivity index (χ3v) is 2.99. The molecule has 0 radical (unpaired) electrons. The van der Waals surface area contributed by atoms with Gasteiger partial charge in [0.2, 0.25) is 0 Å². The molecule has 3 nitrogen and oxygen atoms in total. The standard InChI is InChI=1S/C11H24N2O/c1-4-5-11-8-12-6-7-13(11)9-10(2)14-3/h10-12H,4-9H2,1-3H3. The van der Waals surface area contributed by atoms with Crippen LogP contribution in [0.1, 0.15) is 26.7 Å². The molecule has 0 bridgehead atoms. The van der Waals surface area contributed by atoms with Gasteiger partial charge in [0.1, 0.15) is 0 Å². The number of rotatable bonds is 5. The summed E-state index contributed by atoms with van der Waals surface area (Å²) in [4.78, 5) is 2.56. The number of methoxy groups -OCH3 is 1. The van der Waals surface area contributed by atoms with Gasteiger partial charge in [-0.1, -0.05) is 13.3 Å². The summed E-state index contributed by atoms with van der Waals surface area (Å²) < 4.78 is 5.32. The fraction of sp³-hybridized carbons (Fsp3) is 1.00. The second kappa shape index (κ2) is 6.38. The molecule has 1 aliphatic heterocycles. The second-order valence-electron chi connectivity index (χ2n) is 4.19. The fourth-order valence-corrected chi connectivity index (χ4v) is 2.07. The number of nitrogens with zero attached hydrogens (tertiary/aromatic N) is 1. The van der Waals surface area contributed by atoms with Crippen molar-refractivity contribution < 1.29 is 4.74 Å². The van der Waals surface area contributed by atoms with Crippen molar-refractivity contribution in [3.63, 3.8) is 0 Å². The normalized spacial score (nSPS) is 26.4. The predicted molar refractivity (Wildman–Crippen MR) is 59.6 cm³/mol. The van der Waals surface area contributed by atoms with E-state index >= 15 is 0 Å². The van der Waals surface area contributed by atoms with Crippen molar-refractivity contribution in [2.75, 3.05) is 33.3 Å². The summed E-state index contributed by atoms with van der Waals surface area (Å²) in [5, 5.41) is 3.46. The lowest BCUT2D eigenvalue weighted by Gasteiger charge is -2.37.